The average molecular weight is 486 g/mol. The van der Waals surface area contributed by atoms with E-state index in [2.05, 4.69) is 10.3 Å². The first-order chi connectivity index (χ1) is 15.0. The number of rotatable bonds is 5. The minimum atomic E-state index is -4.59. The number of carbonyl (C=O) groups is 1. The lowest BCUT2D eigenvalue weighted by Gasteiger charge is -2.13. The third-order valence-corrected chi connectivity index (χ3v) is 4.80. The van der Waals surface area contributed by atoms with Crippen LogP contribution in [-0.4, -0.2) is 15.8 Å². The van der Waals surface area contributed by atoms with Crippen LogP contribution in [-0.2, 0) is 6.18 Å². The predicted molar refractivity (Wildman–Crippen MR) is 112 cm³/mol. The van der Waals surface area contributed by atoms with Crippen molar-refractivity contribution in [2.75, 3.05) is 5.32 Å². The fraction of sp³-hybridized carbons (Fsp3) is 0.100. The Morgan fingerprint density at radius 3 is 2.44 bits per heavy atom. The van der Waals surface area contributed by atoms with Gasteiger partial charge in [0, 0.05) is 24.0 Å². The largest absolute Gasteiger partial charge is 0.438 e. The molecule has 0 aliphatic rings. The predicted octanol–water partition coefficient (Wildman–Crippen LogP) is 6.67. The van der Waals surface area contributed by atoms with Crippen LogP contribution in [0.2, 0.25) is 10.0 Å². The second kappa shape index (κ2) is 9.01. The number of pyridine rings is 1. The van der Waals surface area contributed by atoms with E-state index in [4.69, 9.17) is 27.9 Å². The van der Waals surface area contributed by atoms with Crippen molar-refractivity contribution in [3.8, 4) is 11.6 Å². The molecule has 0 unspecified atom stereocenters. The summed E-state index contributed by atoms with van der Waals surface area (Å²) in [5, 5.41) is 13.2. The van der Waals surface area contributed by atoms with Gasteiger partial charge in [0.05, 0.1) is 21.1 Å². The number of hydrogen-bond acceptors (Lipinski definition) is 5. The van der Waals surface area contributed by atoms with Crippen LogP contribution in [0.5, 0.6) is 11.6 Å². The number of aryl methyl sites for hydroxylation is 1. The molecule has 0 saturated carbocycles. The lowest BCUT2D eigenvalue weighted by atomic mass is 10.1. The van der Waals surface area contributed by atoms with Crippen LogP contribution in [0.1, 0.15) is 21.5 Å². The van der Waals surface area contributed by atoms with Gasteiger partial charge in [0.1, 0.15) is 10.8 Å². The number of nitro benzene ring substituents is 1. The van der Waals surface area contributed by atoms with E-state index in [1.54, 1.807) is 6.92 Å². The normalized spacial score (nSPS) is 11.2. The van der Waals surface area contributed by atoms with Crippen LogP contribution in [0, 0.1) is 17.0 Å². The number of carbonyl (C=O) groups excluding carboxylic acids is 1. The molecule has 0 radical (unpaired) electrons. The lowest BCUT2D eigenvalue weighted by molar-refractivity contribution is -0.384. The van der Waals surface area contributed by atoms with Crippen molar-refractivity contribution in [2.24, 2.45) is 0 Å². The second-order valence-electron chi connectivity index (χ2n) is 6.46. The highest BCUT2D eigenvalue weighted by atomic mass is 35.5. The Balaban J connectivity index is 1.78. The topological polar surface area (TPSA) is 94.4 Å². The van der Waals surface area contributed by atoms with Crippen LogP contribution >= 0.6 is 23.2 Å². The van der Waals surface area contributed by atoms with Gasteiger partial charge in [0.15, 0.2) is 0 Å². The summed E-state index contributed by atoms with van der Waals surface area (Å²) in [4.78, 5) is 26.4. The van der Waals surface area contributed by atoms with E-state index >= 15 is 0 Å². The number of nitrogens with zero attached hydrogens (tertiary/aromatic N) is 2. The summed E-state index contributed by atoms with van der Waals surface area (Å²) in [6.07, 6.45) is -3.99. The molecule has 3 rings (SSSR count). The first-order valence-electron chi connectivity index (χ1n) is 8.72. The molecule has 32 heavy (non-hydrogen) atoms. The molecule has 1 heterocycles. The smallest absolute Gasteiger partial charge is 0.417 e. The summed E-state index contributed by atoms with van der Waals surface area (Å²) < 4.78 is 43.6. The van der Waals surface area contributed by atoms with Gasteiger partial charge in [0.2, 0.25) is 5.88 Å². The Kier molecular flexibility index (Phi) is 6.56. The number of aromatic nitrogens is 1. The molecule has 1 aromatic heterocycles. The summed E-state index contributed by atoms with van der Waals surface area (Å²) >= 11 is 11.8. The van der Waals surface area contributed by atoms with Gasteiger partial charge in [-0.15, -0.1) is 0 Å². The molecule has 12 heteroatoms. The molecule has 1 N–H and O–H groups in total. The Morgan fingerprint density at radius 2 is 1.84 bits per heavy atom. The van der Waals surface area contributed by atoms with Crippen LogP contribution in [0.25, 0.3) is 0 Å². The maximum absolute atomic E-state index is 12.7. The SMILES string of the molecule is Cc1cc(Oc2ncc(C(F)(F)F)cc2Cl)ccc1NC(=O)c1cc([N+](=O)[O-])ccc1Cl. The fourth-order valence-electron chi connectivity index (χ4n) is 2.60. The number of alkyl halides is 3. The van der Waals surface area contributed by atoms with Crippen molar-refractivity contribution >= 4 is 40.5 Å². The first-order valence-corrected chi connectivity index (χ1v) is 9.48. The Bertz CT molecular complexity index is 1220. The lowest BCUT2D eigenvalue weighted by Crippen LogP contribution is -2.13. The number of halogens is 5. The number of anilines is 1. The molecule has 166 valence electrons. The Morgan fingerprint density at radius 1 is 1.12 bits per heavy atom. The van der Waals surface area contributed by atoms with Gasteiger partial charge in [-0.05, 0) is 42.8 Å². The molecule has 0 fully saturated rings. The zero-order chi connectivity index (χ0) is 23.6. The Hall–Kier alpha value is -3.37. The van der Waals surface area contributed by atoms with Crippen LogP contribution in [0.15, 0.2) is 48.7 Å². The number of non-ortho nitro benzene ring substituents is 1. The van der Waals surface area contributed by atoms with Gasteiger partial charge in [-0.2, -0.15) is 13.2 Å². The maximum atomic E-state index is 12.7. The van der Waals surface area contributed by atoms with E-state index in [0.717, 1.165) is 6.07 Å². The molecule has 1 amide bonds. The number of nitro groups is 1. The van der Waals surface area contributed by atoms with Crippen molar-refractivity contribution in [3.05, 3.63) is 85.5 Å². The third kappa shape index (κ3) is 5.27. The third-order valence-electron chi connectivity index (χ3n) is 4.20. The number of hydrogen-bond donors (Lipinski definition) is 1. The second-order valence-corrected chi connectivity index (χ2v) is 7.28. The van der Waals surface area contributed by atoms with Gasteiger partial charge in [-0.3, -0.25) is 14.9 Å². The molecular weight excluding hydrogens is 474 g/mol. The van der Waals surface area contributed by atoms with Gasteiger partial charge >= 0.3 is 6.18 Å². The monoisotopic (exact) mass is 485 g/mol. The minimum Gasteiger partial charge on any atom is -0.438 e. The van der Waals surface area contributed by atoms with Crippen molar-refractivity contribution in [3.63, 3.8) is 0 Å². The van der Waals surface area contributed by atoms with E-state index in [1.807, 2.05) is 0 Å². The van der Waals surface area contributed by atoms with Crippen molar-refractivity contribution in [1.29, 1.82) is 0 Å². The average Bonchev–Trinajstić information content (AvgIpc) is 2.70. The number of amides is 1. The van der Waals surface area contributed by atoms with E-state index < -0.39 is 22.6 Å². The quantitative estimate of drug-likeness (QED) is 0.321. The first kappa shape index (κ1) is 23.3. The molecule has 3 aromatic rings. The summed E-state index contributed by atoms with van der Waals surface area (Å²) in [7, 11) is 0. The molecular formula is C20H12Cl2F3N3O4. The molecule has 7 nitrogen and oxygen atoms in total. The summed E-state index contributed by atoms with van der Waals surface area (Å²) in [6.45, 7) is 1.64. The van der Waals surface area contributed by atoms with Crippen molar-refractivity contribution in [1.82, 2.24) is 4.98 Å². The summed E-state index contributed by atoms with van der Waals surface area (Å²) in [5.41, 5.74) is -0.497. The molecule has 0 aliphatic heterocycles. The highest BCUT2D eigenvalue weighted by Gasteiger charge is 2.31. The molecule has 2 aromatic carbocycles. The zero-order valence-corrected chi connectivity index (χ0v) is 17.5. The van der Waals surface area contributed by atoms with Crippen LogP contribution < -0.4 is 10.1 Å². The fourth-order valence-corrected chi connectivity index (χ4v) is 3.01. The minimum absolute atomic E-state index is 0.0359. The van der Waals surface area contributed by atoms with E-state index in [1.165, 1.54) is 30.3 Å². The standard InChI is InChI=1S/C20H12Cl2F3N3O4/c1-10-6-13(32-19-16(22)7-11(9-26-19)20(23,24)25)3-5-17(10)27-18(29)14-8-12(28(30)31)2-4-15(14)21/h2-9H,1H3,(H,27,29). The molecule has 0 spiro atoms. The van der Waals surface area contributed by atoms with Crippen LogP contribution in [0.4, 0.5) is 24.5 Å². The number of nitrogens with one attached hydrogen (secondary N) is 1. The van der Waals surface area contributed by atoms with Crippen molar-refractivity contribution < 1.29 is 27.6 Å². The Labute approximate surface area is 188 Å². The van der Waals surface area contributed by atoms with Gasteiger partial charge in [-0.1, -0.05) is 23.2 Å². The van der Waals surface area contributed by atoms with E-state index in [9.17, 15) is 28.1 Å². The highest BCUT2D eigenvalue weighted by Crippen LogP contribution is 2.35. The van der Waals surface area contributed by atoms with Gasteiger partial charge in [-0.25, -0.2) is 4.98 Å². The zero-order valence-electron chi connectivity index (χ0n) is 16.0. The molecule has 0 saturated heterocycles. The highest BCUT2D eigenvalue weighted by molar-refractivity contribution is 6.34. The maximum Gasteiger partial charge on any atom is 0.417 e. The van der Waals surface area contributed by atoms with E-state index in [-0.39, 0.29) is 32.9 Å². The van der Waals surface area contributed by atoms with Crippen LogP contribution in [0.3, 0.4) is 0 Å². The summed E-state index contributed by atoms with van der Waals surface area (Å²) in [6, 6.07) is 8.60. The molecule has 0 aliphatic carbocycles. The number of ether oxygens (including phenoxy) is 1. The molecule has 0 atom stereocenters. The van der Waals surface area contributed by atoms with Gasteiger partial charge in [0.25, 0.3) is 11.6 Å². The summed E-state index contributed by atoms with van der Waals surface area (Å²) in [5.74, 6) is -0.676. The van der Waals surface area contributed by atoms with Gasteiger partial charge < -0.3 is 10.1 Å². The number of benzene rings is 2. The van der Waals surface area contributed by atoms with E-state index in [0.29, 0.717) is 23.5 Å². The van der Waals surface area contributed by atoms with Crippen molar-refractivity contribution in [2.45, 2.75) is 13.1 Å². The molecule has 0 bridgehead atoms.